The highest BCUT2D eigenvalue weighted by Crippen LogP contribution is 2.22. The summed E-state index contributed by atoms with van der Waals surface area (Å²) in [6.07, 6.45) is 1.29. The third kappa shape index (κ3) is 4.75. The van der Waals surface area contributed by atoms with Crippen molar-refractivity contribution in [1.82, 2.24) is 10.3 Å². The maximum Gasteiger partial charge on any atom is 0.141 e. The van der Waals surface area contributed by atoms with Crippen molar-refractivity contribution in [2.75, 3.05) is 11.9 Å². The van der Waals surface area contributed by atoms with E-state index in [1.54, 1.807) is 6.07 Å². The number of halogens is 1. The van der Waals surface area contributed by atoms with Gasteiger partial charge in [0.15, 0.2) is 0 Å². The molecule has 20 heavy (non-hydrogen) atoms. The van der Waals surface area contributed by atoms with Gasteiger partial charge in [0.2, 0.25) is 0 Å². The Bertz CT molecular complexity index is 438. The number of nitrogens with zero attached hydrogens (tertiary/aromatic N) is 2. The van der Waals surface area contributed by atoms with E-state index in [1.807, 2.05) is 7.05 Å². The zero-order valence-electron chi connectivity index (χ0n) is 13.8. The summed E-state index contributed by atoms with van der Waals surface area (Å²) in [4.78, 5) is 6.42. The number of hydrogen-bond donors (Lipinski definition) is 1. The van der Waals surface area contributed by atoms with E-state index in [0.29, 0.717) is 18.5 Å². The molecule has 0 saturated carbocycles. The van der Waals surface area contributed by atoms with Crippen molar-refractivity contribution in [2.24, 2.45) is 5.92 Å². The van der Waals surface area contributed by atoms with Gasteiger partial charge < -0.3 is 10.2 Å². The fourth-order valence-corrected chi connectivity index (χ4v) is 1.92. The van der Waals surface area contributed by atoms with Crippen LogP contribution in [0.2, 0.25) is 0 Å². The van der Waals surface area contributed by atoms with Crippen LogP contribution in [0.4, 0.5) is 10.2 Å². The van der Waals surface area contributed by atoms with E-state index in [1.165, 1.54) is 6.20 Å². The Balaban J connectivity index is 3.01. The molecule has 0 fully saturated rings. The van der Waals surface area contributed by atoms with E-state index in [2.05, 4.69) is 56.7 Å². The molecule has 0 aliphatic carbocycles. The molecular weight excluding hydrogens is 253 g/mol. The number of nitrogens with one attached hydrogen (secondary N) is 1. The van der Waals surface area contributed by atoms with Crippen LogP contribution < -0.4 is 10.2 Å². The highest BCUT2D eigenvalue weighted by atomic mass is 19.1. The number of rotatable bonds is 5. The lowest BCUT2D eigenvalue weighted by atomic mass is 10.0. The van der Waals surface area contributed by atoms with Crippen molar-refractivity contribution in [3.05, 3.63) is 23.6 Å². The predicted octanol–water partition coefficient (Wildman–Crippen LogP) is 3.59. The molecule has 0 aliphatic heterocycles. The standard InChI is InChI=1S/C16H28FN3/c1-11(2)12(3)20(7)15-13(8-14(17)10-18-15)9-19-16(4,5)6/h8,10-12,19H,9H2,1-7H3. The summed E-state index contributed by atoms with van der Waals surface area (Å²) in [5.74, 6) is 1.07. The monoisotopic (exact) mass is 281 g/mol. The Hall–Kier alpha value is -1.16. The molecule has 0 radical (unpaired) electrons. The van der Waals surface area contributed by atoms with Gasteiger partial charge in [0.1, 0.15) is 11.6 Å². The molecule has 0 aliphatic rings. The van der Waals surface area contributed by atoms with Gasteiger partial charge >= 0.3 is 0 Å². The molecule has 1 unspecified atom stereocenters. The molecule has 1 rings (SSSR count). The van der Waals surface area contributed by atoms with Crippen LogP contribution in [0, 0.1) is 11.7 Å². The van der Waals surface area contributed by atoms with Crippen molar-refractivity contribution < 1.29 is 4.39 Å². The lowest BCUT2D eigenvalue weighted by molar-refractivity contribution is 0.422. The quantitative estimate of drug-likeness (QED) is 0.894. The Morgan fingerprint density at radius 2 is 1.90 bits per heavy atom. The predicted molar refractivity (Wildman–Crippen MR) is 83.5 cm³/mol. The molecule has 1 heterocycles. The van der Waals surface area contributed by atoms with E-state index in [0.717, 1.165) is 11.4 Å². The summed E-state index contributed by atoms with van der Waals surface area (Å²) < 4.78 is 13.5. The van der Waals surface area contributed by atoms with Gasteiger partial charge in [-0.3, -0.25) is 0 Å². The molecule has 1 N–H and O–H groups in total. The minimum atomic E-state index is -0.287. The zero-order chi connectivity index (χ0) is 15.5. The van der Waals surface area contributed by atoms with Gasteiger partial charge in [0.25, 0.3) is 0 Å². The first-order chi connectivity index (χ1) is 9.11. The molecule has 1 aromatic rings. The normalized spacial score (nSPS) is 13.7. The largest absolute Gasteiger partial charge is 0.356 e. The molecule has 0 saturated heterocycles. The fraction of sp³-hybridized carbons (Fsp3) is 0.688. The van der Waals surface area contributed by atoms with Gasteiger partial charge in [-0.25, -0.2) is 9.37 Å². The molecule has 4 heteroatoms. The van der Waals surface area contributed by atoms with Crippen LogP contribution in [0.3, 0.4) is 0 Å². The summed E-state index contributed by atoms with van der Waals surface area (Å²) in [7, 11) is 2.02. The third-order valence-electron chi connectivity index (χ3n) is 3.63. The van der Waals surface area contributed by atoms with Crippen molar-refractivity contribution in [3.63, 3.8) is 0 Å². The van der Waals surface area contributed by atoms with E-state index < -0.39 is 0 Å². The van der Waals surface area contributed by atoms with Crippen molar-refractivity contribution in [1.29, 1.82) is 0 Å². The van der Waals surface area contributed by atoms with E-state index in [4.69, 9.17) is 0 Å². The second-order valence-electron chi connectivity index (χ2n) is 6.84. The minimum Gasteiger partial charge on any atom is -0.356 e. The summed E-state index contributed by atoms with van der Waals surface area (Å²) in [6, 6.07) is 1.92. The topological polar surface area (TPSA) is 28.2 Å². The lowest BCUT2D eigenvalue weighted by Gasteiger charge is -2.31. The minimum absolute atomic E-state index is 0.00811. The third-order valence-corrected chi connectivity index (χ3v) is 3.63. The summed E-state index contributed by atoms with van der Waals surface area (Å²) in [5.41, 5.74) is 0.890. The van der Waals surface area contributed by atoms with Gasteiger partial charge in [-0.15, -0.1) is 0 Å². The molecule has 0 amide bonds. The first-order valence-corrected chi connectivity index (χ1v) is 7.24. The average Bonchev–Trinajstić information content (AvgIpc) is 2.33. The van der Waals surface area contributed by atoms with Gasteiger partial charge in [-0.1, -0.05) is 13.8 Å². The Labute approximate surface area is 122 Å². The van der Waals surface area contributed by atoms with Crippen molar-refractivity contribution >= 4 is 5.82 Å². The summed E-state index contributed by atoms with van der Waals surface area (Å²) in [6.45, 7) is 13.4. The summed E-state index contributed by atoms with van der Waals surface area (Å²) in [5, 5.41) is 3.40. The number of anilines is 1. The van der Waals surface area contributed by atoms with Crippen LogP contribution in [0.1, 0.15) is 47.1 Å². The Kier molecular flexibility index (Phi) is 5.51. The number of hydrogen-bond acceptors (Lipinski definition) is 3. The van der Waals surface area contributed by atoms with Crippen molar-refractivity contribution in [3.8, 4) is 0 Å². The second kappa shape index (κ2) is 6.53. The molecule has 0 aromatic carbocycles. The average molecular weight is 281 g/mol. The van der Waals surface area contributed by atoms with E-state index >= 15 is 0 Å². The maximum atomic E-state index is 13.5. The van der Waals surface area contributed by atoms with E-state index in [9.17, 15) is 4.39 Å². The van der Waals surface area contributed by atoms with Crippen LogP contribution in [-0.2, 0) is 6.54 Å². The van der Waals surface area contributed by atoms with Crippen LogP contribution in [0.5, 0.6) is 0 Å². The first kappa shape index (κ1) is 16.9. The van der Waals surface area contributed by atoms with Crippen LogP contribution in [-0.4, -0.2) is 23.6 Å². The van der Waals surface area contributed by atoms with Gasteiger partial charge in [0, 0.05) is 30.7 Å². The van der Waals surface area contributed by atoms with Crippen LogP contribution in [0.15, 0.2) is 12.3 Å². The highest BCUT2D eigenvalue weighted by molar-refractivity contribution is 5.47. The van der Waals surface area contributed by atoms with Crippen LogP contribution >= 0.6 is 0 Å². The molecule has 3 nitrogen and oxygen atoms in total. The molecule has 0 bridgehead atoms. The Morgan fingerprint density at radius 1 is 1.30 bits per heavy atom. The molecule has 1 atom stereocenters. The fourth-order valence-electron chi connectivity index (χ4n) is 1.92. The molecular formula is C16H28FN3. The molecule has 114 valence electrons. The van der Waals surface area contributed by atoms with Crippen molar-refractivity contribution in [2.45, 2.75) is 59.7 Å². The number of pyridine rings is 1. The SMILES string of the molecule is CC(C)C(C)N(C)c1ncc(F)cc1CNC(C)(C)C. The zero-order valence-corrected chi connectivity index (χ0v) is 13.8. The molecule has 1 aromatic heterocycles. The van der Waals surface area contributed by atoms with Gasteiger partial charge in [-0.05, 0) is 39.7 Å². The first-order valence-electron chi connectivity index (χ1n) is 7.24. The highest BCUT2D eigenvalue weighted by Gasteiger charge is 2.19. The smallest absolute Gasteiger partial charge is 0.141 e. The van der Waals surface area contributed by atoms with Crippen LogP contribution in [0.25, 0.3) is 0 Å². The van der Waals surface area contributed by atoms with Gasteiger partial charge in [-0.2, -0.15) is 0 Å². The molecule has 0 spiro atoms. The summed E-state index contributed by atoms with van der Waals surface area (Å²) >= 11 is 0. The maximum absolute atomic E-state index is 13.5. The Morgan fingerprint density at radius 3 is 2.40 bits per heavy atom. The van der Waals surface area contributed by atoms with Gasteiger partial charge in [0.05, 0.1) is 6.20 Å². The number of aromatic nitrogens is 1. The second-order valence-corrected chi connectivity index (χ2v) is 6.84. The lowest BCUT2D eigenvalue weighted by Crippen LogP contribution is -2.37. The van der Waals surface area contributed by atoms with E-state index in [-0.39, 0.29) is 11.4 Å².